The lowest BCUT2D eigenvalue weighted by molar-refractivity contribution is 1.06. The number of halogens is 2. The molecule has 0 saturated heterocycles. The quantitative estimate of drug-likeness (QED) is 0.467. The molecule has 116 valence electrons. The summed E-state index contributed by atoms with van der Waals surface area (Å²) < 4.78 is 0. The molecule has 0 aliphatic carbocycles. The van der Waals surface area contributed by atoms with E-state index in [4.69, 9.17) is 23.2 Å². The maximum atomic E-state index is 5.84. The number of benzene rings is 3. The first-order valence-electron chi connectivity index (χ1n) is 7.36. The fourth-order valence-electron chi connectivity index (χ4n) is 2.64. The normalized spacial score (nSPS) is 10.9. The second-order valence-corrected chi connectivity index (χ2v) is 6.01. The summed E-state index contributed by atoms with van der Waals surface area (Å²) in [4.78, 5) is 12.0. The van der Waals surface area contributed by atoms with E-state index in [0.717, 1.165) is 16.7 Å². The van der Waals surface area contributed by atoms with Gasteiger partial charge in [0.25, 0.3) is 0 Å². The second-order valence-electron chi connectivity index (χ2n) is 5.34. The molecule has 3 aromatic carbocycles. The van der Waals surface area contributed by atoms with E-state index < -0.39 is 0 Å². The molecule has 0 radical (unpaired) electrons. The predicted molar refractivity (Wildman–Crippen MR) is 98.2 cm³/mol. The highest BCUT2D eigenvalue weighted by atomic mass is 35.5. The van der Waals surface area contributed by atoms with Crippen LogP contribution >= 0.6 is 23.2 Å². The first-order valence-corrected chi connectivity index (χ1v) is 8.11. The van der Waals surface area contributed by atoms with E-state index in [9.17, 15) is 0 Å². The van der Waals surface area contributed by atoms with Crippen molar-refractivity contribution in [3.05, 3.63) is 77.3 Å². The Morgan fingerprint density at radius 3 is 1.83 bits per heavy atom. The highest BCUT2D eigenvalue weighted by Gasteiger charge is 2.07. The molecule has 1 heterocycles. The molecule has 0 fully saturated rings. The zero-order chi connectivity index (χ0) is 16.5. The minimum Gasteiger partial charge on any atom is -0.198 e. The van der Waals surface area contributed by atoms with Crippen molar-refractivity contribution >= 4 is 34.0 Å². The first-order chi connectivity index (χ1) is 11.7. The van der Waals surface area contributed by atoms with Crippen LogP contribution < -0.4 is 0 Å². The van der Waals surface area contributed by atoms with Crippen LogP contribution in [0.2, 0.25) is 10.6 Å². The third-order valence-electron chi connectivity index (χ3n) is 3.81. The SMILES string of the molecule is Clc1nc(Cl)nc(-c2ccc(-c3ccc4ccccc4c3)cc2)n1. The largest absolute Gasteiger partial charge is 0.227 e. The van der Waals surface area contributed by atoms with Crippen molar-refractivity contribution in [2.75, 3.05) is 0 Å². The van der Waals surface area contributed by atoms with E-state index in [1.165, 1.54) is 10.8 Å². The van der Waals surface area contributed by atoms with Crippen molar-refractivity contribution in [1.29, 1.82) is 0 Å². The van der Waals surface area contributed by atoms with Crippen LogP contribution in [0.15, 0.2) is 66.7 Å². The van der Waals surface area contributed by atoms with Crippen LogP contribution in [0.4, 0.5) is 0 Å². The van der Waals surface area contributed by atoms with Crippen LogP contribution in [-0.2, 0) is 0 Å². The Labute approximate surface area is 148 Å². The molecule has 0 aliphatic rings. The molecule has 0 unspecified atom stereocenters. The number of nitrogens with zero attached hydrogens (tertiary/aromatic N) is 3. The summed E-state index contributed by atoms with van der Waals surface area (Å²) >= 11 is 11.7. The monoisotopic (exact) mass is 351 g/mol. The first kappa shape index (κ1) is 15.1. The molecule has 0 saturated carbocycles. The van der Waals surface area contributed by atoms with Crippen LogP contribution in [0, 0.1) is 0 Å². The molecule has 1 aromatic heterocycles. The van der Waals surface area contributed by atoms with Gasteiger partial charge in [-0.15, -0.1) is 0 Å². The van der Waals surface area contributed by atoms with E-state index >= 15 is 0 Å². The van der Waals surface area contributed by atoms with Gasteiger partial charge in [0.15, 0.2) is 5.82 Å². The summed E-state index contributed by atoms with van der Waals surface area (Å²) in [7, 11) is 0. The minimum atomic E-state index is 0.0867. The Kier molecular flexibility index (Phi) is 3.89. The average molecular weight is 352 g/mol. The highest BCUT2D eigenvalue weighted by molar-refractivity contribution is 6.31. The van der Waals surface area contributed by atoms with E-state index in [-0.39, 0.29) is 10.6 Å². The van der Waals surface area contributed by atoms with Crippen molar-refractivity contribution < 1.29 is 0 Å². The van der Waals surface area contributed by atoms with Gasteiger partial charge in [-0.05, 0) is 51.2 Å². The molecule has 24 heavy (non-hydrogen) atoms. The molecule has 0 spiro atoms. The zero-order valence-corrected chi connectivity index (χ0v) is 14.0. The Morgan fingerprint density at radius 1 is 0.542 bits per heavy atom. The Hall–Kier alpha value is -2.49. The lowest BCUT2D eigenvalue weighted by Gasteiger charge is -2.06. The molecule has 3 nitrogen and oxygen atoms in total. The van der Waals surface area contributed by atoms with Gasteiger partial charge in [0.05, 0.1) is 0 Å². The lowest BCUT2D eigenvalue weighted by atomic mass is 10.0. The fourth-order valence-corrected chi connectivity index (χ4v) is 3.00. The summed E-state index contributed by atoms with van der Waals surface area (Å²) in [5.74, 6) is 0.463. The van der Waals surface area contributed by atoms with Gasteiger partial charge in [-0.3, -0.25) is 0 Å². The summed E-state index contributed by atoms with van der Waals surface area (Å²) in [6, 6.07) is 22.7. The van der Waals surface area contributed by atoms with Gasteiger partial charge in [-0.2, -0.15) is 15.0 Å². The van der Waals surface area contributed by atoms with Gasteiger partial charge in [-0.1, -0.05) is 60.7 Å². The van der Waals surface area contributed by atoms with Gasteiger partial charge in [0, 0.05) is 5.56 Å². The van der Waals surface area contributed by atoms with E-state index in [1.54, 1.807) is 0 Å². The van der Waals surface area contributed by atoms with E-state index in [2.05, 4.69) is 45.3 Å². The van der Waals surface area contributed by atoms with Crippen LogP contribution in [-0.4, -0.2) is 15.0 Å². The van der Waals surface area contributed by atoms with Crippen LogP contribution in [0.25, 0.3) is 33.3 Å². The topological polar surface area (TPSA) is 38.7 Å². The molecule has 0 N–H and O–H groups in total. The second kappa shape index (κ2) is 6.19. The third-order valence-corrected chi connectivity index (χ3v) is 4.14. The van der Waals surface area contributed by atoms with Gasteiger partial charge >= 0.3 is 0 Å². The van der Waals surface area contributed by atoms with Gasteiger partial charge in [0.1, 0.15) is 0 Å². The van der Waals surface area contributed by atoms with Crippen LogP contribution in [0.3, 0.4) is 0 Å². The molecule has 0 atom stereocenters. The predicted octanol–water partition coefficient (Wildman–Crippen LogP) is 5.67. The summed E-state index contributed by atoms with van der Waals surface area (Å²) in [6.45, 7) is 0. The minimum absolute atomic E-state index is 0.0867. The van der Waals surface area contributed by atoms with Crippen molar-refractivity contribution in [2.45, 2.75) is 0 Å². The summed E-state index contributed by atoms with van der Waals surface area (Å²) in [5.41, 5.74) is 3.12. The van der Waals surface area contributed by atoms with Crippen molar-refractivity contribution in [1.82, 2.24) is 15.0 Å². The van der Waals surface area contributed by atoms with Gasteiger partial charge in [-0.25, -0.2) is 0 Å². The number of hydrogen-bond acceptors (Lipinski definition) is 3. The van der Waals surface area contributed by atoms with Crippen LogP contribution in [0.5, 0.6) is 0 Å². The maximum Gasteiger partial charge on any atom is 0.227 e. The summed E-state index contributed by atoms with van der Waals surface area (Å²) in [6.07, 6.45) is 0. The average Bonchev–Trinajstić information content (AvgIpc) is 2.61. The van der Waals surface area contributed by atoms with Crippen molar-refractivity contribution in [3.63, 3.8) is 0 Å². The van der Waals surface area contributed by atoms with Crippen molar-refractivity contribution in [2.24, 2.45) is 0 Å². The number of hydrogen-bond donors (Lipinski definition) is 0. The molecule has 4 aromatic rings. The van der Waals surface area contributed by atoms with Crippen molar-refractivity contribution in [3.8, 4) is 22.5 Å². The molecule has 4 rings (SSSR count). The fraction of sp³-hybridized carbons (Fsp3) is 0. The molecule has 0 amide bonds. The molecular weight excluding hydrogens is 341 g/mol. The summed E-state index contributed by atoms with van der Waals surface area (Å²) in [5, 5.41) is 2.62. The zero-order valence-electron chi connectivity index (χ0n) is 12.4. The number of fused-ring (bicyclic) bond motifs is 1. The van der Waals surface area contributed by atoms with E-state index in [1.807, 2.05) is 36.4 Å². The van der Waals surface area contributed by atoms with Gasteiger partial charge < -0.3 is 0 Å². The molecule has 0 aliphatic heterocycles. The Bertz CT molecular complexity index is 1010. The van der Waals surface area contributed by atoms with Gasteiger partial charge in [0.2, 0.25) is 10.6 Å². The standard InChI is InChI=1S/C19H11Cl2N3/c20-18-22-17(23-19(21)24-18)14-8-5-13(6-9-14)16-10-7-12-3-1-2-4-15(12)11-16/h1-11H. The third kappa shape index (κ3) is 2.96. The highest BCUT2D eigenvalue weighted by Crippen LogP contribution is 2.27. The number of aromatic nitrogens is 3. The maximum absolute atomic E-state index is 5.84. The lowest BCUT2D eigenvalue weighted by Crippen LogP contribution is -1.93. The van der Waals surface area contributed by atoms with E-state index in [0.29, 0.717) is 5.82 Å². The Morgan fingerprint density at radius 2 is 1.12 bits per heavy atom. The molecular formula is C19H11Cl2N3. The number of rotatable bonds is 2. The molecule has 0 bridgehead atoms. The Balaban J connectivity index is 1.72. The smallest absolute Gasteiger partial charge is 0.198 e. The van der Waals surface area contributed by atoms with Crippen LogP contribution in [0.1, 0.15) is 0 Å². The molecule has 5 heteroatoms.